The number of likely N-dealkylation sites (tertiary alicyclic amines) is 1. The summed E-state index contributed by atoms with van der Waals surface area (Å²) in [6, 6.07) is 8.04. The second-order valence-electron chi connectivity index (χ2n) is 10.5. The normalized spacial score (nSPS) is 22.1. The van der Waals surface area contributed by atoms with Crippen molar-refractivity contribution in [2.24, 2.45) is 0 Å². The molecular weight excluding hydrogens is 579 g/mol. The van der Waals surface area contributed by atoms with E-state index in [4.69, 9.17) is 4.74 Å². The van der Waals surface area contributed by atoms with Gasteiger partial charge in [0.1, 0.15) is 5.56 Å². The number of benzene rings is 1. The molecule has 9 nitrogen and oxygen atoms in total. The maximum atomic E-state index is 14.0. The molecule has 0 saturated carbocycles. The highest BCUT2D eigenvalue weighted by Gasteiger charge is 2.43. The van der Waals surface area contributed by atoms with Crippen molar-refractivity contribution in [1.82, 2.24) is 14.9 Å². The Bertz CT molecular complexity index is 1560. The van der Waals surface area contributed by atoms with Crippen molar-refractivity contribution in [2.45, 2.75) is 49.5 Å². The predicted molar refractivity (Wildman–Crippen MR) is 149 cm³/mol. The van der Waals surface area contributed by atoms with Crippen molar-refractivity contribution >= 4 is 38.5 Å². The number of aliphatic hydroxyl groups excluding tert-OH is 1. The molecule has 2 bridgehead atoms. The number of ether oxygens (including phenoxy) is 1. The third-order valence-corrected chi connectivity index (χ3v) is 10.9. The summed E-state index contributed by atoms with van der Waals surface area (Å²) in [6.45, 7) is 4.69. The zero-order valence-electron chi connectivity index (χ0n) is 22.3. The number of fused-ring (bicyclic) bond motifs is 3. The fraction of sp³-hybridized carbons (Fsp3) is 0.481. The van der Waals surface area contributed by atoms with Crippen molar-refractivity contribution in [3.05, 3.63) is 46.5 Å². The lowest BCUT2D eigenvalue weighted by molar-refractivity contribution is -0.137. The minimum atomic E-state index is -4.73. The molecule has 0 aliphatic carbocycles. The number of aliphatic hydroxyl groups is 1. The van der Waals surface area contributed by atoms with Crippen LogP contribution in [0.3, 0.4) is 0 Å². The topological polar surface area (TPSA) is 108 Å². The molecule has 220 valence electrons. The number of thiophene rings is 1. The smallest absolute Gasteiger partial charge is 0.395 e. The predicted octanol–water partition coefficient (Wildman–Crippen LogP) is 4.09. The van der Waals surface area contributed by atoms with Crippen molar-refractivity contribution in [3.8, 4) is 10.6 Å². The fourth-order valence-corrected chi connectivity index (χ4v) is 8.77. The Morgan fingerprint density at radius 3 is 2.76 bits per heavy atom. The van der Waals surface area contributed by atoms with Crippen LogP contribution in [0.2, 0.25) is 0 Å². The van der Waals surface area contributed by atoms with E-state index in [9.17, 15) is 26.7 Å². The number of nitrogens with zero attached hydrogens (tertiary/aromatic N) is 4. The first-order chi connectivity index (χ1) is 19.6. The monoisotopic (exact) mass is 609 g/mol. The van der Waals surface area contributed by atoms with Gasteiger partial charge in [0.15, 0.2) is 9.84 Å². The molecule has 3 aromatic rings. The minimum Gasteiger partial charge on any atom is -0.395 e. The first-order valence-electron chi connectivity index (χ1n) is 13.5. The molecule has 2 atom stereocenters. The quantitative estimate of drug-likeness (QED) is 0.410. The maximum Gasteiger partial charge on any atom is 0.420 e. The Morgan fingerprint density at radius 2 is 2.05 bits per heavy atom. The molecular formula is C27H30F3N5O4S2. The molecule has 5 heterocycles. The standard InChI is InChI=1S/C27H30F3N5O4S2/c1-2-16-9-17(35-14-18-10-19(35)13-34(18)5-6-36)3-4-21(16)32-26-31-12-20(27(28,29)30)25(33-26)22-11-24-23(40-22)15-39-7-8-41(24,37)38/h3-4,9,11-12,18-19,36H,2,5-8,10,13-15H2,1H3,(H,31,32,33)/t18-,19-/m1/s1. The summed E-state index contributed by atoms with van der Waals surface area (Å²) in [6.07, 6.45) is -2.26. The highest BCUT2D eigenvalue weighted by atomic mass is 32.2. The zero-order valence-corrected chi connectivity index (χ0v) is 23.9. The number of halogens is 3. The first-order valence-corrected chi connectivity index (χ1v) is 15.9. The van der Waals surface area contributed by atoms with Gasteiger partial charge in [-0.15, -0.1) is 11.3 Å². The van der Waals surface area contributed by atoms with Crippen LogP contribution in [0.15, 0.2) is 35.4 Å². The molecule has 41 heavy (non-hydrogen) atoms. The Hall–Kier alpha value is -2.78. The van der Waals surface area contributed by atoms with Gasteiger partial charge in [-0.05, 0) is 42.7 Å². The molecule has 0 amide bonds. The molecule has 3 aliphatic rings. The molecule has 3 aliphatic heterocycles. The molecule has 2 aromatic heterocycles. The number of hydrogen-bond donors (Lipinski definition) is 2. The van der Waals surface area contributed by atoms with E-state index < -0.39 is 21.6 Å². The highest BCUT2D eigenvalue weighted by Crippen LogP contribution is 2.42. The second-order valence-corrected chi connectivity index (χ2v) is 13.7. The van der Waals surface area contributed by atoms with Crippen LogP contribution < -0.4 is 10.2 Å². The van der Waals surface area contributed by atoms with Crippen LogP contribution >= 0.6 is 11.3 Å². The molecule has 1 aromatic carbocycles. The lowest BCUT2D eigenvalue weighted by Gasteiger charge is -2.35. The molecule has 2 saturated heterocycles. The maximum absolute atomic E-state index is 14.0. The third-order valence-electron chi connectivity index (χ3n) is 7.95. The van der Waals surface area contributed by atoms with Crippen LogP contribution in [0, 0.1) is 0 Å². The van der Waals surface area contributed by atoms with Gasteiger partial charge in [-0.25, -0.2) is 18.4 Å². The number of rotatable bonds is 7. The number of nitrogens with one attached hydrogen (secondary N) is 1. The summed E-state index contributed by atoms with van der Waals surface area (Å²) >= 11 is 0.937. The van der Waals surface area contributed by atoms with E-state index in [2.05, 4.69) is 31.2 Å². The lowest BCUT2D eigenvalue weighted by Crippen LogP contribution is -2.47. The van der Waals surface area contributed by atoms with Gasteiger partial charge in [-0.2, -0.15) is 13.2 Å². The van der Waals surface area contributed by atoms with E-state index in [0.29, 0.717) is 35.6 Å². The average Bonchev–Trinajstić information content (AvgIpc) is 3.64. The molecule has 14 heteroatoms. The van der Waals surface area contributed by atoms with Gasteiger partial charge >= 0.3 is 6.18 Å². The SMILES string of the molecule is CCc1cc(N2C[C@H]3C[C@@H]2CN3CCO)ccc1Nc1ncc(C(F)(F)F)c(-c2cc3c(s2)COCCS3(=O)=O)n1. The van der Waals surface area contributed by atoms with Gasteiger partial charge in [0.05, 0.1) is 41.0 Å². The largest absolute Gasteiger partial charge is 0.420 e. The van der Waals surface area contributed by atoms with E-state index in [1.165, 1.54) is 6.07 Å². The number of β-amino-alcohol motifs (C(OH)–C–C–N with tert-alkyl or cyclic N) is 1. The van der Waals surface area contributed by atoms with Gasteiger partial charge < -0.3 is 20.1 Å². The van der Waals surface area contributed by atoms with Gasteiger partial charge in [-0.1, -0.05) is 6.92 Å². The number of sulfone groups is 1. The summed E-state index contributed by atoms with van der Waals surface area (Å²) < 4.78 is 72.6. The van der Waals surface area contributed by atoms with Crippen LogP contribution in [0.1, 0.15) is 29.3 Å². The minimum absolute atomic E-state index is 0.00444. The highest BCUT2D eigenvalue weighted by molar-refractivity contribution is 7.91. The first kappa shape index (κ1) is 28.3. The summed E-state index contributed by atoms with van der Waals surface area (Å²) in [4.78, 5) is 13.4. The van der Waals surface area contributed by atoms with Crippen molar-refractivity contribution < 1.29 is 31.4 Å². The van der Waals surface area contributed by atoms with Crippen molar-refractivity contribution in [2.75, 3.05) is 48.8 Å². The number of alkyl halides is 3. The Balaban J connectivity index is 1.30. The lowest BCUT2D eigenvalue weighted by atomic mass is 10.1. The van der Waals surface area contributed by atoms with E-state index in [1.54, 1.807) is 0 Å². The van der Waals surface area contributed by atoms with E-state index in [0.717, 1.165) is 48.3 Å². The third kappa shape index (κ3) is 5.43. The summed E-state index contributed by atoms with van der Waals surface area (Å²) in [5.41, 5.74) is 1.32. The molecule has 2 fully saturated rings. The number of hydrogen-bond acceptors (Lipinski definition) is 10. The molecule has 2 N–H and O–H groups in total. The van der Waals surface area contributed by atoms with E-state index in [-0.39, 0.29) is 47.0 Å². The summed E-state index contributed by atoms with van der Waals surface area (Å²) in [5, 5.41) is 12.4. The molecule has 6 rings (SSSR count). The zero-order chi connectivity index (χ0) is 28.9. The van der Waals surface area contributed by atoms with Gasteiger partial charge in [-0.3, -0.25) is 4.90 Å². The van der Waals surface area contributed by atoms with Crippen LogP contribution in [0.5, 0.6) is 0 Å². The van der Waals surface area contributed by atoms with E-state index >= 15 is 0 Å². The Kier molecular flexibility index (Phi) is 7.47. The number of piperazine rings is 1. The van der Waals surface area contributed by atoms with Crippen LogP contribution in [-0.4, -0.2) is 79.1 Å². The Morgan fingerprint density at radius 1 is 1.22 bits per heavy atom. The summed E-state index contributed by atoms with van der Waals surface area (Å²) in [5.74, 6) is -0.243. The van der Waals surface area contributed by atoms with Gasteiger partial charge in [0, 0.05) is 54.2 Å². The number of aromatic nitrogens is 2. The number of aryl methyl sites for hydroxylation is 1. The second kappa shape index (κ2) is 10.8. The molecule has 0 radical (unpaired) electrons. The van der Waals surface area contributed by atoms with Gasteiger partial charge in [0.2, 0.25) is 5.95 Å². The average molecular weight is 610 g/mol. The van der Waals surface area contributed by atoms with Crippen molar-refractivity contribution in [1.29, 1.82) is 0 Å². The van der Waals surface area contributed by atoms with Crippen LogP contribution in [0.4, 0.5) is 30.5 Å². The Labute approximate surface area is 239 Å². The molecule has 0 spiro atoms. The fourth-order valence-electron chi connectivity index (χ4n) is 5.93. The number of anilines is 3. The van der Waals surface area contributed by atoms with Crippen LogP contribution in [0.25, 0.3) is 10.6 Å². The van der Waals surface area contributed by atoms with Crippen LogP contribution in [-0.2, 0) is 33.8 Å². The van der Waals surface area contributed by atoms with E-state index in [1.807, 2.05) is 19.1 Å². The molecule has 0 unspecified atom stereocenters. The van der Waals surface area contributed by atoms with Gasteiger partial charge in [0.25, 0.3) is 0 Å². The van der Waals surface area contributed by atoms with Crippen molar-refractivity contribution in [3.63, 3.8) is 0 Å². The summed E-state index contributed by atoms with van der Waals surface area (Å²) in [7, 11) is -3.67.